The molecule has 0 heterocycles. The molecule has 132 valence electrons. The van der Waals surface area contributed by atoms with Gasteiger partial charge in [-0.1, -0.05) is 48.5 Å². The Morgan fingerprint density at radius 1 is 0.960 bits per heavy atom. The molecular formula is C20H24N2O2S. The summed E-state index contributed by atoms with van der Waals surface area (Å²) >= 11 is 0. The van der Waals surface area contributed by atoms with Crippen LogP contribution in [-0.4, -0.2) is 27.4 Å². The number of sulfonamides is 1. The molecule has 0 unspecified atom stereocenters. The van der Waals surface area contributed by atoms with E-state index >= 15 is 0 Å². The second kappa shape index (κ2) is 7.52. The number of benzene rings is 2. The van der Waals surface area contributed by atoms with Gasteiger partial charge in [0.1, 0.15) is 0 Å². The maximum atomic E-state index is 12.7. The summed E-state index contributed by atoms with van der Waals surface area (Å²) in [5.41, 5.74) is 4.36. The molecule has 1 N–H and O–H groups in total. The average Bonchev–Trinajstić information content (AvgIpc) is 2.60. The first-order valence-corrected chi connectivity index (χ1v) is 9.94. The van der Waals surface area contributed by atoms with E-state index in [0.29, 0.717) is 17.9 Å². The highest BCUT2D eigenvalue weighted by Crippen LogP contribution is 2.26. The number of allylic oxidation sites excluding steroid dienone is 1. The van der Waals surface area contributed by atoms with E-state index in [4.69, 9.17) is 0 Å². The third kappa shape index (κ3) is 4.37. The van der Waals surface area contributed by atoms with E-state index in [1.54, 1.807) is 6.08 Å². The summed E-state index contributed by atoms with van der Waals surface area (Å²) in [5.74, 6) is 0. The van der Waals surface area contributed by atoms with E-state index in [2.05, 4.69) is 15.7 Å². The van der Waals surface area contributed by atoms with Crippen molar-refractivity contribution in [1.82, 2.24) is 9.62 Å². The third-order valence-electron chi connectivity index (χ3n) is 4.42. The van der Waals surface area contributed by atoms with Gasteiger partial charge < -0.3 is 4.90 Å². The van der Waals surface area contributed by atoms with Crippen LogP contribution in [0.15, 0.2) is 53.4 Å². The van der Waals surface area contributed by atoms with E-state index in [-0.39, 0.29) is 0 Å². The van der Waals surface area contributed by atoms with Crippen molar-refractivity contribution in [2.45, 2.75) is 25.9 Å². The molecule has 0 amide bonds. The monoisotopic (exact) mass is 356 g/mol. The summed E-state index contributed by atoms with van der Waals surface area (Å²) in [6, 6.07) is 15.9. The summed E-state index contributed by atoms with van der Waals surface area (Å²) in [5, 5.41) is 0. The Morgan fingerprint density at radius 2 is 1.64 bits per heavy atom. The van der Waals surface area contributed by atoms with Crippen LogP contribution in [0.2, 0.25) is 0 Å². The second-order valence-electron chi connectivity index (χ2n) is 6.64. The quantitative estimate of drug-likeness (QED) is 0.865. The Hall–Kier alpha value is -1.95. The molecule has 2 aromatic carbocycles. The maximum absolute atomic E-state index is 12.7. The standard InChI is InChI=1S/C20H24N2O2S/c1-22(2)15-19-10-6-5-9-18(19)14-21-25(23,24)20-12-11-16-7-3-4-8-17(16)13-20/h3-10,13,21H,11-12,14-15H2,1-2H3. The van der Waals surface area contributed by atoms with Crippen LogP contribution in [0, 0.1) is 0 Å². The fourth-order valence-electron chi connectivity index (χ4n) is 3.11. The van der Waals surface area contributed by atoms with Crippen molar-refractivity contribution in [3.8, 4) is 0 Å². The minimum Gasteiger partial charge on any atom is -0.305 e. The first kappa shape index (κ1) is 17.9. The highest BCUT2D eigenvalue weighted by Gasteiger charge is 2.21. The van der Waals surface area contributed by atoms with E-state index in [1.165, 1.54) is 5.56 Å². The highest BCUT2D eigenvalue weighted by atomic mass is 32.2. The van der Waals surface area contributed by atoms with Crippen molar-refractivity contribution in [2.75, 3.05) is 14.1 Å². The zero-order chi connectivity index (χ0) is 17.9. The van der Waals surface area contributed by atoms with Gasteiger partial charge in [-0.15, -0.1) is 0 Å². The van der Waals surface area contributed by atoms with Crippen LogP contribution < -0.4 is 4.72 Å². The molecule has 0 saturated heterocycles. The third-order valence-corrected chi connectivity index (χ3v) is 5.95. The molecule has 0 bridgehead atoms. The predicted molar refractivity (Wildman–Crippen MR) is 102 cm³/mol. The van der Waals surface area contributed by atoms with Crippen LogP contribution in [0.25, 0.3) is 6.08 Å². The second-order valence-corrected chi connectivity index (χ2v) is 8.46. The summed E-state index contributed by atoms with van der Waals surface area (Å²) in [6.07, 6.45) is 3.11. The van der Waals surface area contributed by atoms with Crippen LogP contribution in [0.5, 0.6) is 0 Å². The molecule has 0 radical (unpaired) electrons. The first-order valence-electron chi connectivity index (χ1n) is 8.45. The molecule has 1 aliphatic carbocycles. The van der Waals surface area contributed by atoms with Gasteiger partial charge in [0.25, 0.3) is 0 Å². The fraction of sp³-hybridized carbons (Fsp3) is 0.300. The molecule has 5 heteroatoms. The molecule has 0 atom stereocenters. The Balaban J connectivity index is 1.77. The van der Waals surface area contributed by atoms with E-state index in [1.807, 2.05) is 56.6 Å². The highest BCUT2D eigenvalue weighted by molar-refractivity contribution is 7.93. The fourth-order valence-corrected chi connectivity index (χ4v) is 4.29. The maximum Gasteiger partial charge on any atom is 0.237 e. The molecular weight excluding hydrogens is 332 g/mol. The number of fused-ring (bicyclic) bond motifs is 1. The van der Waals surface area contributed by atoms with Crippen molar-refractivity contribution >= 4 is 16.1 Å². The summed E-state index contributed by atoms with van der Waals surface area (Å²) in [4.78, 5) is 2.55. The lowest BCUT2D eigenvalue weighted by Crippen LogP contribution is -2.26. The molecule has 1 aliphatic rings. The molecule has 25 heavy (non-hydrogen) atoms. The number of nitrogens with zero attached hydrogens (tertiary/aromatic N) is 1. The van der Waals surface area contributed by atoms with Gasteiger partial charge in [-0.05, 0) is 55.3 Å². The number of rotatable bonds is 6. The number of hydrogen-bond donors (Lipinski definition) is 1. The lowest BCUT2D eigenvalue weighted by molar-refractivity contribution is 0.401. The zero-order valence-corrected chi connectivity index (χ0v) is 15.5. The largest absolute Gasteiger partial charge is 0.305 e. The molecule has 0 saturated carbocycles. The van der Waals surface area contributed by atoms with Gasteiger partial charge in [0.2, 0.25) is 10.0 Å². The van der Waals surface area contributed by atoms with Gasteiger partial charge in [0, 0.05) is 13.1 Å². The zero-order valence-electron chi connectivity index (χ0n) is 14.7. The van der Waals surface area contributed by atoms with Crippen LogP contribution in [0.3, 0.4) is 0 Å². The number of nitrogens with one attached hydrogen (secondary N) is 1. The summed E-state index contributed by atoms with van der Waals surface area (Å²) in [7, 11) is 0.538. The molecule has 0 fully saturated rings. The Morgan fingerprint density at radius 3 is 2.40 bits per heavy atom. The van der Waals surface area contributed by atoms with Crippen molar-refractivity contribution in [1.29, 1.82) is 0 Å². The minimum atomic E-state index is -3.47. The van der Waals surface area contributed by atoms with Gasteiger partial charge >= 0.3 is 0 Å². The van der Waals surface area contributed by atoms with Crippen LogP contribution >= 0.6 is 0 Å². The van der Waals surface area contributed by atoms with E-state index in [9.17, 15) is 8.42 Å². The smallest absolute Gasteiger partial charge is 0.237 e. The molecule has 2 aromatic rings. The normalized spacial score (nSPS) is 14.3. The topological polar surface area (TPSA) is 49.4 Å². The predicted octanol–water partition coefficient (Wildman–Crippen LogP) is 3.15. The average molecular weight is 356 g/mol. The molecule has 3 rings (SSSR count). The van der Waals surface area contributed by atoms with Crippen LogP contribution in [0.4, 0.5) is 0 Å². The van der Waals surface area contributed by atoms with Crippen molar-refractivity contribution in [3.63, 3.8) is 0 Å². The number of hydrogen-bond acceptors (Lipinski definition) is 3. The van der Waals surface area contributed by atoms with Gasteiger partial charge in [0.05, 0.1) is 4.91 Å². The van der Waals surface area contributed by atoms with Crippen molar-refractivity contribution in [2.24, 2.45) is 0 Å². The molecule has 4 nitrogen and oxygen atoms in total. The Kier molecular flexibility index (Phi) is 5.37. The van der Waals surface area contributed by atoms with E-state index in [0.717, 1.165) is 29.7 Å². The van der Waals surface area contributed by atoms with Crippen LogP contribution in [0.1, 0.15) is 28.7 Å². The number of aryl methyl sites for hydroxylation is 1. The summed E-state index contributed by atoms with van der Waals surface area (Å²) in [6.45, 7) is 1.10. The van der Waals surface area contributed by atoms with Gasteiger partial charge in [-0.25, -0.2) is 13.1 Å². The summed E-state index contributed by atoms with van der Waals surface area (Å²) < 4.78 is 28.2. The van der Waals surface area contributed by atoms with Crippen LogP contribution in [-0.2, 0) is 29.5 Å². The van der Waals surface area contributed by atoms with E-state index < -0.39 is 10.0 Å². The van der Waals surface area contributed by atoms with Gasteiger partial charge in [-0.3, -0.25) is 0 Å². The van der Waals surface area contributed by atoms with Crippen molar-refractivity contribution in [3.05, 3.63) is 75.7 Å². The van der Waals surface area contributed by atoms with Gasteiger partial charge in [0.15, 0.2) is 0 Å². The Bertz CT molecular complexity index is 886. The molecule has 0 spiro atoms. The molecule has 0 aliphatic heterocycles. The lowest BCUT2D eigenvalue weighted by Gasteiger charge is -2.18. The van der Waals surface area contributed by atoms with Gasteiger partial charge in [-0.2, -0.15) is 0 Å². The first-order chi connectivity index (χ1) is 12.0. The minimum absolute atomic E-state index is 0.311. The Labute approximate surface area is 150 Å². The SMILES string of the molecule is CN(C)Cc1ccccc1CNS(=O)(=O)C1=Cc2ccccc2CC1. The van der Waals surface area contributed by atoms with Crippen molar-refractivity contribution < 1.29 is 8.42 Å². The lowest BCUT2D eigenvalue weighted by atomic mass is 9.98. The molecule has 0 aromatic heterocycles.